The maximum Gasteiger partial charge on any atom is 0.258 e. The molecule has 32 heavy (non-hydrogen) atoms. The standard InChI is InChI=1S/C26H28N2O4/c1-17-14-21(27-19-10-6-5-7-11-19)20-12-8-9-13-22(20)28(17)26(29)18-15-23(30-2)25(32-4)24(16-18)31-3/h5-13,15-17,21,27H,14H2,1-4H3/t17-,21-/m1/s1. The number of nitrogens with zero attached hydrogens (tertiary/aromatic N) is 1. The van der Waals surface area contributed by atoms with Crippen LogP contribution in [0.3, 0.4) is 0 Å². The highest BCUT2D eigenvalue weighted by Gasteiger charge is 2.34. The van der Waals surface area contributed by atoms with E-state index in [1.165, 1.54) is 0 Å². The molecule has 1 heterocycles. The normalized spacial score (nSPS) is 17.3. The summed E-state index contributed by atoms with van der Waals surface area (Å²) >= 11 is 0. The summed E-state index contributed by atoms with van der Waals surface area (Å²) in [5.74, 6) is 1.27. The Morgan fingerprint density at radius 2 is 1.53 bits per heavy atom. The van der Waals surface area contributed by atoms with Crippen molar-refractivity contribution in [3.8, 4) is 17.2 Å². The van der Waals surface area contributed by atoms with Gasteiger partial charge in [0, 0.05) is 23.0 Å². The lowest BCUT2D eigenvalue weighted by molar-refractivity contribution is 0.0973. The number of rotatable bonds is 6. The van der Waals surface area contributed by atoms with E-state index < -0.39 is 0 Å². The lowest BCUT2D eigenvalue weighted by Gasteiger charge is -2.40. The van der Waals surface area contributed by atoms with E-state index in [0.717, 1.165) is 23.4 Å². The first-order chi connectivity index (χ1) is 15.6. The van der Waals surface area contributed by atoms with Crippen molar-refractivity contribution in [2.45, 2.75) is 25.4 Å². The fourth-order valence-corrected chi connectivity index (χ4v) is 4.34. The molecule has 0 aromatic heterocycles. The Bertz CT molecular complexity index is 1070. The van der Waals surface area contributed by atoms with Crippen molar-refractivity contribution in [1.82, 2.24) is 0 Å². The maximum absolute atomic E-state index is 13.7. The molecule has 1 N–H and O–H groups in total. The summed E-state index contributed by atoms with van der Waals surface area (Å²) in [6.07, 6.45) is 0.780. The van der Waals surface area contributed by atoms with Crippen LogP contribution in [0.5, 0.6) is 17.2 Å². The minimum atomic E-state index is -0.109. The molecule has 0 spiro atoms. The first-order valence-corrected chi connectivity index (χ1v) is 10.6. The van der Waals surface area contributed by atoms with Gasteiger partial charge in [0.1, 0.15) is 0 Å². The summed E-state index contributed by atoms with van der Waals surface area (Å²) in [5, 5.41) is 3.62. The largest absolute Gasteiger partial charge is 0.493 e. The minimum Gasteiger partial charge on any atom is -0.493 e. The van der Waals surface area contributed by atoms with E-state index in [0.29, 0.717) is 22.8 Å². The van der Waals surface area contributed by atoms with Crippen LogP contribution < -0.4 is 24.4 Å². The molecule has 0 saturated carbocycles. The molecule has 3 aromatic rings. The highest BCUT2D eigenvalue weighted by Crippen LogP contribution is 2.42. The monoisotopic (exact) mass is 432 g/mol. The van der Waals surface area contributed by atoms with Crippen LogP contribution >= 0.6 is 0 Å². The molecule has 2 atom stereocenters. The fourth-order valence-electron chi connectivity index (χ4n) is 4.34. The van der Waals surface area contributed by atoms with Gasteiger partial charge in [-0.1, -0.05) is 36.4 Å². The lowest BCUT2D eigenvalue weighted by atomic mass is 9.90. The second-order valence-electron chi connectivity index (χ2n) is 7.80. The Hall–Kier alpha value is -3.67. The van der Waals surface area contributed by atoms with Crippen LogP contribution in [0.4, 0.5) is 11.4 Å². The Morgan fingerprint density at radius 1 is 0.906 bits per heavy atom. The zero-order chi connectivity index (χ0) is 22.7. The number of hydrogen-bond acceptors (Lipinski definition) is 5. The molecule has 1 aliphatic heterocycles. The van der Waals surface area contributed by atoms with Crippen molar-refractivity contribution in [2.75, 3.05) is 31.5 Å². The van der Waals surface area contributed by atoms with E-state index in [1.807, 2.05) is 41.3 Å². The minimum absolute atomic E-state index is 0.0160. The molecule has 0 unspecified atom stereocenters. The van der Waals surface area contributed by atoms with E-state index >= 15 is 0 Å². The average Bonchev–Trinajstić information content (AvgIpc) is 2.83. The average molecular weight is 433 g/mol. The fraction of sp³-hybridized carbons (Fsp3) is 0.269. The number of carbonyl (C=O) groups is 1. The first kappa shape index (κ1) is 21.6. The van der Waals surface area contributed by atoms with E-state index in [9.17, 15) is 4.79 Å². The Labute approximate surface area is 188 Å². The molecule has 166 valence electrons. The van der Waals surface area contributed by atoms with Crippen molar-refractivity contribution < 1.29 is 19.0 Å². The van der Waals surface area contributed by atoms with Gasteiger partial charge < -0.3 is 24.4 Å². The van der Waals surface area contributed by atoms with Gasteiger partial charge in [-0.15, -0.1) is 0 Å². The van der Waals surface area contributed by atoms with Gasteiger partial charge in [0.05, 0.1) is 27.4 Å². The second kappa shape index (κ2) is 9.22. The van der Waals surface area contributed by atoms with Crippen LogP contribution in [0.1, 0.15) is 35.3 Å². The number of ether oxygens (including phenoxy) is 3. The second-order valence-corrected chi connectivity index (χ2v) is 7.80. The van der Waals surface area contributed by atoms with Gasteiger partial charge in [0.15, 0.2) is 11.5 Å². The number of carbonyl (C=O) groups excluding carboxylic acids is 1. The van der Waals surface area contributed by atoms with Crippen LogP contribution in [0.15, 0.2) is 66.7 Å². The molecule has 4 rings (SSSR count). The van der Waals surface area contributed by atoms with Gasteiger partial charge in [-0.2, -0.15) is 0 Å². The van der Waals surface area contributed by atoms with E-state index in [2.05, 4.69) is 30.4 Å². The molecular formula is C26H28N2O4. The number of benzene rings is 3. The zero-order valence-corrected chi connectivity index (χ0v) is 18.8. The summed E-state index contributed by atoms with van der Waals surface area (Å²) in [4.78, 5) is 15.6. The molecule has 3 aromatic carbocycles. The maximum atomic E-state index is 13.7. The third-order valence-electron chi connectivity index (χ3n) is 5.83. The predicted molar refractivity (Wildman–Crippen MR) is 126 cm³/mol. The van der Waals surface area contributed by atoms with E-state index in [-0.39, 0.29) is 18.0 Å². The van der Waals surface area contributed by atoms with Crippen molar-refractivity contribution >= 4 is 17.3 Å². The molecule has 0 bridgehead atoms. The van der Waals surface area contributed by atoms with Crippen LogP contribution in [0, 0.1) is 0 Å². The van der Waals surface area contributed by atoms with Crippen LogP contribution in [-0.2, 0) is 0 Å². The number of anilines is 2. The van der Waals surface area contributed by atoms with Crippen molar-refractivity contribution in [3.05, 3.63) is 77.9 Å². The number of fused-ring (bicyclic) bond motifs is 1. The van der Waals surface area contributed by atoms with Gasteiger partial charge in [0.25, 0.3) is 5.91 Å². The molecule has 1 amide bonds. The van der Waals surface area contributed by atoms with Gasteiger partial charge in [-0.25, -0.2) is 0 Å². The summed E-state index contributed by atoms with van der Waals surface area (Å²) in [7, 11) is 4.64. The highest BCUT2D eigenvalue weighted by atomic mass is 16.5. The predicted octanol–water partition coefficient (Wildman–Crippen LogP) is 5.30. The smallest absolute Gasteiger partial charge is 0.258 e. The summed E-state index contributed by atoms with van der Waals surface area (Å²) < 4.78 is 16.3. The van der Waals surface area contributed by atoms with E-state index in [4.69, 9.17) is 14.2 Å². The summed E-state index contributed by atoms with van der Waals surface area (Å²) in [6.45, 7) is 2.07. The Balaban J connectivity index is 1.72. The van der Waals surface area contributed by atoms with Gasteiger partial charge in [0.2, 0.25) is 5.75 Å². The molecule has 0 radical (unpaired) electrons. The molecular weight excluding hydrogens is 404 g/mol. The van der Waals surface area contributed by atoms with Crippen molar-refractivity contribution in [3.63, 3.8) is 0 Å². The SMILES string of the molecule is COc1cc(C(=O)N2c3ccccc3[C@H](Nc3ccccc3)C[C@H]2C)cc(OC)c1OC. The number of nitrogens with one attached hydrogen (secondary N) is 1. The number of hydrogen-bond donors (Lipinski definition) is 1. The third-order valence-corrected chi connectivity index (χ3v) is 5.83. The van der Waals surface area contributed by atoms with Gasteiger partial charge in [-0.05, 0) is 49.2 Å². The molecule has 6 nitrogen and oxygen atoms in total. The molecule has 6 heteroatoms. The molecule has 0 fully saturated rings. The lowest BCUT2D eigenvalue weighted by Crippen LogP contribution is -2.44. The highest BCUT2D eigenvalue weighted by molar-refractivity contribution is 6.08. The van der Waals surface area contributed by atoms with E-state index in [1.54, 1.807) is 33.5 Å². The summed E-state index contributed by atoms with van der Waals surface area (Å²) in [6, 6.07) is 21.7. The zero-order valence-electron chi connectivity index (χ0n) is 18.8. The Morgan fingerprint density at radius 3 is 2.16 bits per heavy atom. The molecule has 1 aliphatic rings. The number of methoxy groups -OCH3 is 3. The molecule has 0 aliphatic carbocycles. The van der Waals surface area contributed by atoms with Crippen LogP contribution in [0.2, 0.25) is 0 Å². The third kappa shape index (κ3) is 3.96. The number of para-hydroxylation sites is 2. The van der Waals surface area contributed by atoms with Crippen molar-refractivity contribution in [2.24, 2.45) is 0 Å². The van der Waals surface area contributed by atoms with Crippen LogP contribution in [-0.4, -0.2) is 33.3 Å². The summed E-state index contributed by atoms with van der Waals surface area (Å²) in [5.41, 5.74) is 3.54. The van der Waals surface area contributed by atoms with Gasteiger partial charge in [-0.3, -0.25) is 4.79 Å². The topological polar surface area (TPSA) is 60.0 Å². The van der Waals surface area contributed by atoms with Gasteiger partial charge >= 0.3 is 0 Å². The van der Waals surface area contributed by atoms with Crippen molar-refractivity contribution in [1.29, 1.82) is 0 Å². The van der Waals surface area contributed by atoms with Crippen LogP contribution in [0.25, 0.3) is 0 Å². The molecule has 0 saturated heterocycles. The Kier molecular flexibility index (Phi) is 6.21. The first-order valence-electron chi connectivity index (χ1n) is 10.6. The number of amides is 1. The quantitative estimate of drug-likeness (QED) is 0.572.